The Labute approximate surface area is 76.0 Å². The number of aryl methyl sites for hydroxylation is 1. The number of aromatic nitrogens is 3. The molecule has 4 nitrogen and oxygen atoms in total. The molecule has 0 aliphatic heterocycles. The molecule has 66 valence electrons. The zero-order valence-electron chi connectivity index (χ0n) is 7.31. The molecule has 2 heterocycles. The summed E-state index contributed by atoms with van der Waals surface area (Å²) in [6.45, 7) is 0. The molecule has 0 radical (unpaired) electrons. The van der Waals surface area contributed by atoms with Crippen molar-refractivity contribution in [3.63, 3.8) is 0 Å². The Bertz CT molecular complexity index is 419. The highest BCUT2D eigenvalue weighted by atomic mass is 15.3. The first-order chi connectivity index (χ1) is 6.27. The fourth-order valence-corrected chi connectivity index (χ4v) is 1.25. The molecular formula is C9H10N4. The van der Waals surface area contributed by atoms with Gasteiger partial charge < -0.3 is 5.73 Å². The number of pyridine rings is 1. The zero-order valence-corrected chi connectivity index (χ0v) is 7.31. The average Bonchev–Trinajstić information content (AvgIpc) is 2.51. The summed E-state index contributed by atoms with van der Waals surface area (Å²) >= 11 is 0. The third-order valence-corrected chi connectivity index (χ3v) is 1.88. The highest BCUT2D eigenvalue weighted by Gasteiger charge is 2.01. The summed E-state index contributed by atoms with van der Waals surface area (Å²) in [7, 11) is 1.89. The van der Waals surface area contributed by atoms with Crippen LogP contribution in [0.5, 0.6) is 0 Å². The van der Waals surface area contributed by atoms with Gasteiger partial charge in [0.15, 0.2) is 0 Å². The van der Waals surface area contributed by atoms with Crippen LogP contribution in [0, 0.1) is 0 Å². The molecule has 0 saturated carbocycles. The smallest absolute Gasteiger partial charge is 0.0695 e. The van der Waals surface area contributed by atoms with Crippen molar-refractivity contribution in [1.29, 1.82) is 0 Å². The Morgan fingerprint density at radius 1 is 1.38 bits per heavy atom. The standard InChI is InChI=1S/C9H10N4/c1-13-9(2-3-12-13)7-4-8(10)6-11-5-7/h2-6H,10H2,1H3. The van der Waals surface area contributed by atoms with Crippen LogP contribution in [0.15, 0.2) is 30.7 Å². The maximum Gasteiger partial charge on any atom is 0.0695 e. The van der Waals surface area contributed by atoms with E-state index in [1.54, 1.807) is 23.3 Å². The molecular weight excluding hydrogens is 164 g/mol. The van der Waals surface area contributed by atoms with Crippen LogP contribution in [0.2, 0.25) is 0 Å². The van der Waals surface area contributed by atoms with Crippen LogP contribution in [0.1, 0.15) is 0 Å². The average molecular weight is 174 g/mol. The third kappa shape index (κ3) is 1.38. The molecule has 2 N–H and O–H groups in total. The quantitative estimate of drug-likeness (QED) is 0.703. The van der Waals surface area contributed by atoms with E-state index >= 15 is 0 Å². The molecule has 2 rings (SSSR count). The first-order valence-corrected chi connectivity index (χ1v) is 3.96. The van der Waals surface area contributed by atoms with Gasteiger partial charge in [0, 0.05) is 31.2 Å². The molecule has 0 bridgehead atoms. The van der Waals surface area contributed by atoms with Crippen LogP contribution in [0.25, 0.3) is 11.3 Å². The van der Waals surface area contributed by atoms with Crippen molar-refractivity contribution in [2.45, 2.75) is 0 Å². The summed E-state index contributed by atoms with van der Waals surface area (Å²) in [4.78, 5) is 4.02. The van der Waals surface area contributed by atoms with Crippen LogP contribution in [0.3, 0.4) is 0 Å². The summed E-state index contributed by atoms with van der Waals surface area (Å²) in [6, 6.07) is 3.81. The molecule has 0 aromatic carbocycles. The Morgan fingerprint density at radius 3 is 2.85 bits per heavy atom. The first kappa shape index (κ1) is 7.79. The van der Waals surface area contributed by atoms with E-state index in [-0.39, 0.29) is 0 Å². The molecule has 0 unspecified atom stereocenters. The van der Waals surface area contributed by atoms with Crippen LogP contribution in [-0.2, 0) is 7.05 Å². The predicted molar refractivity (Wildman–Crippen MR) is 50.9 cm³/mol. The highest BCUT2D eigenvalue weighted by Crippen LogP contribution is 2.18. The summed E-state index contributed by atoms with van der Waals surface area (Å²) in [6.07, 6.45) is 5.14. The SMILES string of the molecule is Cn1nccc1-c1cncc(N)c1. The van der Waals surface area contributed by atoms with Crippen molar-refractivity contribution in [3.8, 4) is 11.3 Å². The van der Waals surface area contributed by atoms with Crippen molar-refractivity contribution in [3.05, 3.63) is 30.7 Å². The molecule has 4 heteroatoms. The fourth-order valence-electron chi connectivity index (χ4n) is 1.25. The Morgan fingerprint density at radius 2 is 2.23 bits per heavy atom. The van der Waals surface area contributed by atoms with Gasteiger partial charge in [0.1, 0.15) is 0 Å². The number of anilines is 1. The van der Waals surface area contributed by atoms with Gasteiger partial charge in [-0.1, -0.05) is 0 Å². The van der Waals surface area contributed by atoms with Gasteiger partial charge >= 0.3 is 0 Å². The lowest BCUT2D eigenvalue weighted by molar-refractivity contribution is 0.775. The first-order valence-electron chi connectivity index (χ1n) is 3.96. The molecule has 0 atom stereocenters. The number of nitrogens with zero attached hydrogens (tertiary/aromatic N) is 3. The second kappa shape index (κ2) is 2.90. The minimum atomic E-state index is 0.665. The third-order valence-electron chi connectivity index (χ3n) is 1.88. The predicted octanol–water partition coefficient (Wildman–Crippen LogP) is 1.06. The second-order valence-corrected chi connectivity index (χ2v) is 2.85. The highest BCUT2D eigenvalue weighted by molar-refractivity contribution is 5.62. The van der Waals surface area contributed by atoms with E-state index in [2.05, 4.69) is 10.1 Å². The van der Waals surface area contributed by atoms with Crippen molar-refractivity contribution in [1.82, 2.24) is 14.8 Å². The van der Waals surface area contributed by atoms with E-state index in [0.29, 0.717) is 5.69 Å². The van der Waals surface area contributed by atoms with Gasteiger partial charge in [-0.3, -0.25) is 9.67 Å². The van der Waals surface area contributed by atoms with Crippen molar-refractivity contribution >= 4 is 5.69 Å². The summed E-state index contributed by atoms with van der Waals surface area (Å²) < 4.78 is 1.79. The molecule has 0 aliphatic carbocycles. The Hall–Kier alpha value is -1.84. The van der Waals surface area contributed by atoms with Crippen molar-refractivity contribution in [2.24, 2.45) is 7.05 Å². The van der Waals surface area contributed by atoms with E-state index in [0.717, 1.165) is 11.3 Å². The minimum Gasteiger partial charge on any atom is -0.397 e. The number of nitrogen functional groups attached to an aromatic ring is 1. The lowest BCUT2D eigenvalue weighted by Crippen LogP contribution is -1.94. The van der Waals surface area contributed by atoms with Crippen LogP contribution < -0.4 is 5.73 Å². The molecule has 0 amide bonds. The zero-order chi connectivity index (χ0) is 9.26. The molecule has 13 heavy (non-hydrogen) atoms. The van der Waals surface area contributed by atoms with Gasteiger partial charge in [-0.2, -0.15) is 5.10 Å². The normalized spacial score (nSPS) is 10.2. The molecule has 0 fully saturated rings. The largest absolute Gasteiger partial charge is 0.397 e. The van der Waals surface area contributed by atoms with Crippen molar-refractivity contribution < 1.29 is 0 Å². The van der Waals surface area contributed by atoms with E-state index < -0.39 is 0 Å². The molecule has 0 aliphatic rings. The van der Waals surface area contributed by atoms with E-state index in [9.17, 15) is 0 Å². The number of rotatable bonds is 1. The number of nitrogens with two attached hydrogens (primary N) is 1. The van der Waals surface area contributed by atoms with E-state index in [4.69, 9.17) is 5.73 Å². The van der Waals surface area contributed by atoms with Crippen LogP contribution in [-0.4, -0.2) is 14.8 Å². The van der Waals surface area contributed by atoms with Gasteiger partial charge in [0.25, 0.3) is 0 Å². The summed E-state index contributed by atoms with van der Waals surface area (Å²) in [5.41, 5.74) is 8.29. The van der Waals surface area contributed by atoms with E-state index in [1.165, 1.54) is 0 Å². The van der Waals surface area contributed by atoms with E-state index in [1.807, 2.05) is 19.2 Å². The Balaban J connectivity index is 2.53. The van der Waals surface area contributed by atoms with Gasteiger partial charge in [0.2, 0.25) is 0 Å². The van der Waals surface area contributed by atoms with Gasteiger partial charge in [-0.25, -0.2) is 0 Å². The minimum absolute atomic E-state index is 0.665. The van der Waals surface area contributed by atoms with Crippen LogP contribution in [0.4, 0.5) is 5.69 Å². The van der Waals surface area contributed by atoms with Gasteiger partial charge in [-0.15, -0.1) is 0 Å². The lowest BCUT2D eigenvalue weighted by Gasteiger charge is -2.01. The van der Waals surface area contributed by atoms with Gasteiger partial charge in [0.05, 0.1) is 11.4 Å². The summed E-state index contributed by atoms with van der Waals surface area (Å²) in [5, 5.41) is 4.07. The molecule has 0 saturated heterocycles. The topological polar surface area (TPSA) is 56.7 Å². The second-order valence-electron chi connectivity index (χ2n) is 2.85. The maximum absolute atomic E-state index is 5.62. The maximum atomic E-state index is 5.62. The Kier molecular flexibility index (Phi) is 1.73. The fraction of sp³-hybridized carbons (Fsp3) is 0.111. The van der Waals surface area contributed by atoms with Crippen molar-refractivity contribution in [2.75, 3.05) is 5.73 Å². The monoisotopic (exact) mass is 174 g/mol. The number of hydrogen-bond acceptors (Lipinski definition) is 3. The lowest BCUT2D eigenvalue weighted by atomic mass is 10.2. The number of hydrogen-bond donors (Lipinski definition) is 1. The van der Waals surface area contributed by atoms with Gasteiger partial charge in [-0.05, 0) is 12.1 Å². The summed E-state index contributed by atoms with van der Waals surface area (Å²) in [5.74, 6) is 0. The molecule has 0 spiro atoms. The molecule has 2 aromatic heterocycles. The molecule has 2 aromatic rings. The van der Waals surface area contributed by atoms with Crippen LogP contribution >= 0.6 is 0 Å².